The van der Waals surface area contributed by atoms with Gasteiger partial charge >= 0.3 is 5.97 Å². The Balaban J connectivity index is 1.83. The summed E-state index contributed by atoms with van der Waals surface area (Å²) in [5, 5.41) is 0.609. The summed E-state index contributed by atoms with van der Waals surface area (Å²) in [5.41, 5.74) is 2.93. The Morgan fingerprint density at radius 1 is 1.19 bits per heavy atom. The minimum absolute atomic E-state index is 0.255. The van der Waals surface area contributed by atoms with Crippen LogP contribution in [0.15, 0.2) is 42.5 Å². The molecular formula is C21H22ClNO4. The maximum absolute atomic E-state index is 13.1. The summed E-state index contributed by atoms with van der Waals surface area (Å²) in [5.74, 6) is -0.0887. The molecule has 2 atom stereocenters. The lowest BCUT2D eigenvalue weighted by Gasteiger charge is -2.36. The van der Waals surface area contributed by atoms with Crippen LogP contribution in [0.25, 0.3) is 0 Å². The number of amides is 1. The Hall–Kier alpha value is -2.53. The van der Waals surface area contributed by atoms with Gasteiger partial charge in [-0.2, -0.15) is 0 Å². The van der Waals surface area contributed by atoms with E-state index in [4.69, 9.17) is 21.1 Å². The Morgan fingerprint density at radius 2 is 1.89 bits per heavy atom. The molecule has 6 heteroatoms. The zero-order chi connectivity index (χ0) is 19.6. The van der Waals surface area contributed by atoms with E-state index >= 15 is 0 Å². The lowest BCUT2D eigenvalue weighted by Crippen LogP contribution is -2.52. The van der Waals surface area contributed by atoms with Crippen LogP contribution in [0, 0.1) is 6.92 Å². The van der Waals surface area contributed by atoms with Crippen molar-refractivity contribution >= 4 is 23.5 Å². The van der Waals surface area contributed by atoms with E-state index in [-0.39, 0.29) is 5.91 Å². The Kier molecular flexibility index (Phi) is 5.71. The van der Waals surface area contributed by atoms with Crippen molar-refractivity contribution in [3.63, 3.8) is 0 Å². The number of fused-ring (bicyclic) bond motifs is 1. The number of methoxy groups -OCH3 is 1. The van der Waals surface area contributed by atoms with Gasteiger partial charge < -0.3 is 14.4 Å². The van der Waals surface area contributed by atoms with Gasteiger partial charge in [0.15, 0.2) is 6.10 Å². The van der Waals surface area contributed by atoms with E-state index in [0.29, 0.717) is 23.7 Å². The molecule has 1 aliphatic rings. The van der Waals surface area contributed by atoms with Gasteiger partial charge in [-0.15, -0.1) is 0 Å². The van der Waals surface area contributed by atoms with Crippen molar-refractivity contribution in [1.29, 1.82) is 0 Å². The Morgan fingerprint density at radius 3 is 2.56 bits per heavy atom. The molecule has 142 valence electrons. The van der Waals surface area contributed by atoms with E-state index in [1.807, 2.05) is 31.2 Å². The van der Waals surface area contributed by atoms with Crippen molar-refractivity contribution < 1.29 is 19.1 Å². The number of carbonyl (C=O) groups is 2. The molecule has 0 spiro atoms. The average Bonchev–Trinajstić information content (AvgIpc) is 2.67. The summed E-state index contributed by atoms with van der Waals surface area (Å²) in [6.07, 6.45) is -0.316. The second-order valence-corrected chi connectivity index (χ2v) is 7.08. The summed E-state index contributed by atoms with van der Waals surface area (Å²) >= 11 is 5.97. The lowest BCUT2D eigenvalue weighted by molar-refractivity contribution is -0.156. The molecule has 0 aromatic heterocycles. The molecule has 0 radical (unpaired) electrons. The molecule has 1 aliphatic heterocycles. The molecule has 0 aliphatic carbocycles. The third-order valence-electron chi connectivity index (χ3n) is 4.79. The highest BCUT2D eigenvalue weighted by Crippen LogP contribution is 2.27. The minimum atomic E-state index is -0.748. The smallest absolute Gasteiger partial charge is 0.328 e. The maximum atomic E-state index is 13.1. The third-order valence-corrected chi connectivity index (χ3v) is 5.03. The van der Waals surface area contributed by atoms with Gasteiger partial charge in [0.2, 0.25) is 0 Å². The van der Waals surface area contributed by atoms with E-state index in [2.05, 4.69) is 0 Å². The van der Waals surface area contributed by atoms with Crippen LogP contribution in [0.4, 0.5) is 0 Å². The standard InChI is InChI=1S/C21H22ClNO4/c1-13-10-17(22)8-9-19(13)27-14(2)20(24)23-12-16-7-5-4-6-15(16)11-18(23)21(25)26-3/h4-10,14,18H,11-12H2,1-3H3. The van der Waals surface area contributed by atoms with Crippen molar-refractivity contribution in [1.82, 2.24) is 4.90 Å². The number of rotatable bonds is 4. The highest BCUT2D eigenvalue weighted by atomic mass is 35.5. The number of hydrogen-bond donors (Lipinski definition) is 0. The van der Waals surface area contributed by atoms with Crippen LogP contribution in [-0.4, -0.2) is 36.0 Å². The summed E-state index contributed by atoms with van der Waals surface area (Å²) in [6.45, 7) is 3.90. The molecule has 2 aromatic carbocycles. The first kappa shape index (κ1) is 19.2. The number of benzene rings is 2. The monoisotopic (exact) mass is 387 g/mol. The normalized spacial score (nSPS) is 17.0. The molecule has 1 amide bonds. The number of nitrogens with zero attached hydrogens (tertiary/aromatic N) is 1. The van der Waals surface area contributed by atoms with Crippen molar-refractivity contribution in [2.75, 3.05) is 7.11 Å². The summed E-state index contributed by atoms with van der Waals surface area (Å²) in [7, 11) is 1.34. The number of ether oxygens (including phenoxy) is 2. The largest absolute Gasteiger partial charge is 0.481 e. The molecule has 1 heterocycles. The van der Waals surface area contributed by atoms with Gasteiger partial charge in [0.1, 0.15) is 11.8 Å². The highest BCUT2D eigenvalue weighted by Gasteiger charge is 2.37. The Bertz CT molecular complexity index is 867. The Labute approximate surface area is 163 Å². The summed E-state index contributed by atoms with van der Waals surface area (Å²) in [6, 6.07) is 12.4. The van der Waals surface area contributed by atoms with E-state index in [0.717, 1.165) is 16.7 Å². The van der Waals surface area contributed by atoms with Gasteiger partial charge in [0, 0.05) is 18.0 Å². The quantitative estimate of drug-likeness (QED) is 0.753. The number of aryl methyl sites for hydroxylation is 1. The van der Waals surface area contributed by atoms with Crippen molar-refractivity contribution in [2.45, 2.75) is 39.0 Å². The number of esters is 1. The molecule has 0 N–H and O–H groups in total. The third kappa shape index (κ3) is 4.08. The molecule has 2 unspecified atom stereocenters. The molecule has 27 heavy (non-hydrogen) atoms. The number of hydrogen-bond acceptors (Lipinski definition) is 4. The van der Waals surface area contributed by atoms with Crippen LogP contribution in [0.5, 0.6) is 5.75 Å². The first-order chi connectivity index (χ1) is 12.9. The highest BCUT2D eigenvalue weighted by molar-refractivity contribution is 6.30. The van der Waals surface area contributed by atoms with E-state index in [1.54, 1.807) is 30.0 Å². The molecule has 2 aromatic rings. The van der Waals surface area contributed by atoms with Gasteiger partial charge in [0.25, 0.3) is 5.91 Å². The van der Waals surface area contributed by atoms with Crippen LogP contribution in [0.3, 0.4) is 0 Å². The predicted molar refractivity (Wildman–Crippen MR) is 103 cm³/mol. The molecule has 5 nitrogen and oxygen atoms in total. The predicted octanol–water partition coefficient (Wildman–Crippen LogP) is 3.54. The second kappa shape index (κ2) is 8.01. The first-order valence-corrected chi connectivity index (χ1v) is 9.16. The van der Waals surface area contributed by atoms with Crippen LogP contribution < -0.4 is 4.74 Å². The second-order valence-electron chi connectivity index (χ2n) is 6.65. The topological polar surface area (TPSA) is 55.8 Å². The fourth-order valence-electron chi connectivity index (χ4n) is 3.32. The average molecular weight is 388 g/mol. The SMILES string of the molecule is COC(=O)C1Cc2ccccc2CN1C(=O)C(C)Oc1ccc(Cl)cc1C. The van der Waals surface area contributed by atoms with Crippen LogP contribution in [0.1, 0.15) is 23.6 Å². The van der Waals surface area contributed by atoms with Crippen molar-refractivity contribution in [3.05, 3.63) is 64.2 Å². The molecule has 3 rings (SSSR count). The van der Waals surface area contributed by atoms with Gasteiger partial charge in [-0.05, 0) is 48.7 Å². The fraction of sp³-hybridized carbons (Fsp3) is 0.333. The maximum Gasteiger partial charge on any atom is 0.328 e. The van der Waals surface area contributed by atoms with Crippen molar-refractivity contribution in [3.8, 4) is 5.75 Å². The summed E-state index contributed by atoms with van der Waals surface area (Å²) < 4.78 is 10.8. The molecule has 0 fully saturated rings. The molecule has 0 saturated heterocycles. The number of carbonyl (C=O) groups excluding carboxylic acids is 2. The van der Waals surface area contributed by atoms with Crippen LogP contribution in [0.2, 0.25) is 5.02 Å². The van der Waals surface area contributed by atoms with Crippen LogP contribution in [-0.2, 0) is 27.3 Å². The zero-order valence-corrected chi connectivity index (χ0v) is 16.3. The lowest BCUT2D eigenvalue weighted by atomic mass is 9.93. The van der Waals surface area contributed by atoms with Crippen molar-refractivity contribution in [2.24, 2.45) is 0 Å². The van der Waals surface area contributed by atoms with E-state index in [9.17, 15) is 9.59 Å². The molecular weight excluding hydrogens is 366 g/mol. The summed E-state index contributed by atoms with van der Waals surface area (Å²) in [4.78, 5) is 26.9. The number of halogens is 1. The van der Waals surface area contributed by atoms with Gasteiger partial charge in [0.05, 0.1) is 7.11 Å². The fourth-order valence-corrected chi connectivity index (χ4v) is 3.55. The van der Waals surface area contributed by atoms with Crippen LogP contribution >= 0.6 is 11.6 Å². The zero-order valence-electron chi connectivity index (χ0n) is 15.6. The molecule has 0 saturated carbocycles. The van der Waals surface area contributed by atoms with E-state index < -0.39 is 18.1 Å². The molecule has 0 bridgehead atoms. The van der Waals surface area contributed by atoms with Gasteiger partial charge in [-0.1, -0.05) is 35.9 Å². The van der Waals surface area contributed by atoms with Gasteiger partial charge in [-0.25, -0.2) is 4.79 Å². The minimum Gasteiger partial charge on any atom is -0.481 e. The van der Waals surface area contributed by atoms with Gasteiger partial charge in [-0.3, -0.25) is 4.79 Å². The first-order valence-electron chi connectivity index (χ1n) is 8.78. The van der Waals surface area contributed by atoms with E-state index in [1.165, 1.54) is 7.11 Å².